The second-order valence-electron chi connectivity index (χ2n) is 7.70. The Hall–Kier alpha value is -1.76. The van der Waals surface area contributed by atoms with Gasteiger partial charge in [-0.2, -0.15) is 5.10 Å². The van der Waals surface area contributed by atoms with Gasteiger partial charge >= 0.3 is 0 Å². The van der Waals surface area contributed by atoms with Crippen molar-refractivity contribution in [2.75, 3.05) is 6.54 Å². The Morgan fingerprint density at radius 1 is 1.19 bits per heavy atom. The van der Waals surface area contributed by atoms with E-state index in [1.54, 1.807) is 10.4 Å². The third-order valence-electron chi connectivity index (χ3n) is 5.84. The van der Waals surface area contributed by atoms with Crippen LogP contribution >= 0.6 is 23.6 Å². The molecule has 0 bridgehead atoms. The molecule has 0 N–H and O–H groups in total. The van der Waals surface area contributed by atoms with Crippen molar-refractivity contribution in [2.24, 2.45) is 13.0 Å². The van der Waals surface area contributed by atoms with E-state index >= 15 is 0 Å². The predicted octanol–water partition coefficient (Wildman–Crippen LogP) is 4.57. The van der Waals surface area contributed by atoms with Crippen LogP contribution in [0.15, 0.2) is 41.8 Å². The molecule has 140 valence electrons. The van der Waals surface area contributed by atoms with Gasteiger partial charge in [0.05, 0.1) is 6.67 Å². The summed E-state index contributed by atoms with van der Waals surface area (Å²) in [6.07, 6.45) is 4.66. The van der Waals surface area contributed by atoms with E-state index in [-0.39, 0.29) is 0 Å². The highest BCUT2D eigenvalue weighted by Crippen LogP contribution is 2.48. The maximum Gasteiger partial charge on any atom is 0.198 e. The minimum absolute atomic E-state index is 0.543. The zero-order chi connectivity index (χ0) is 18.4. The Kier molecular flexibility index (Phi) is 4.50. The average Bonchev–Trinajstić information content (AvgIpc) is 3.35. The van der Waals surface area contributed by atoms with Crippen LogP contribution in [0.2, 0.25) is 0 Å². The smallest absolute Gasteiger partial charge is 0.198 e. The number of nitrogens with zero attached hydrogens (tertiary/aromatic N) is 4. The summed E-state index contributed by atoms with van der Waals surface area (Å²) in [5.41, 5.74) is 2.82. The fourth-order valence-corrected chi connectivity index (χ4v) is 5.37. The molecule has 1 atom stereocenters. The highest BCUT2D eigenvalue weighted by atomic mass is 32.1. The zero-order valence-corrected chi connectivity index (χ0v) is 17.2. The average molecular weight is 397 g/mol. The number of hydrogen-bond donors (Lipinski definition) is 0. The molecule has 1 aromatic carbocycles. The maximum atomic E-state index is 5.72. The van der Waals surface area contributed by atoms with E-state index in [2.05, 4.69) is 45.2 Å². The summed E-state index contributed by atoms with van der Waals surface area (Å²) in [6, 6.07) is 13.4. The molecule has 0 amide bonds. The van der Waals surface area contributed by atoms with Crippen LogP contribution in [0, 0.1) is 10.7 Å². The lowest BCUT2D eigenvalue weighted by atomic mass is 9.96. The van der Waals surface area contributed by atoms with Crippen LogP contribution in [-0.2, 0) is 26.6 Å². The van der Waals surface area contributed by atoms with Crippen LogP contribution in [0.4, 0.5) is 0 Å². The molecule has 1 fully saturated rings. The molecular formula is C21H24N4S2. The quantitative estimate of drug-likeness (QED) is 0.591. The highest BCUT2D eigenvalue weighted by Gasteiger charge is 2.40. The Bertz CT molecular complexity index is 997. The van der Waals surface area contributed by atoms with E-state index in [1.165, 1.54) is 18.4 Å². The standard InChI is InChI=1S/C21H24N4S2/c1-23-19(13-15-5-3-2-4-6-15)22-25(21(23)26)14-24-11-9-18-17(10-12-27-18)20(24)16-7-8-16/h2-6,10,12,16,20H,7-9,11,13-14H2,1H3/t20-/m1/s1. The molecule has 1 aliphatic heterocycles. The Morgan fingerprint density at radius 3 is 2.78 bits per heavy atom. The van der Waals surface area contributed by atoms with Gasteiger partial charge in [-0.1, -0.05) is 30.3 Å². The number of aromatic nitrogens is 3. The molecule has 1 saturated carbocycles. The molecule has 3 heterocycles. The lowest BCUT2D eigenvalue weighted by molar-refractivity contribution is 0.117. The molecular weight excluding hydrogens is 372 g/mol. The maximum absolute atomic E-state index is 5.72. The molecule has 2 aromatic heterocycles. The van der Waals surface area contributed by atoms with Crippen molar-refractivity contribution >= 4 is 23.6 Å². The van der Waals surface area contributed by atoms with E-state index in [4.69, 9.17) is 17.3 Å². The van der Waals surface area contributed by atoms with Gasteiger partial charge in [0, 0.05) is 30.9 Å². The highest BCUT2D eigenvalue weighted by molar-refractivity contribution is 7.71. The third-order valence-corrected chi connectivity index (χ3v) is 7.32. The van der Waals surface area contributed by atoms with E-state index in [1.807, 2.05) is 29.1 Å². The van der Waals surface area contributed by atoms with Crippen LogP contribution in [0.1, 0.15) is 40.7 Å². The summed E-state index contributed by atoms with van der Waals surface area (Å²) in [5, 5.41) is 7.15. The molecule has 6 heteroatoms. The molecule has 1 aliphatic carbocycles. The molecule has 3 aromatic rings. The molecule has 5 rings (SSSR count). The lowest BCUT2D eigenvalue weighted by Gasteiger charge is -2.35. The van der Waals surface area contributed by atoms with Gasteiger partial charge in [0.25, 0.3) is 0 Å². The van der Waals surface area contributed by atoms with E-state index in [9.17, 15) is 0 Å². The summed E-state index contributed by atoms with van der Waals surface area (Å²) >= 11 is 7.64. The molecule has 27 heavy (non-hydrogen) atoms. The van der Waals surface area contributed by atoms with Crippen molar-refractivity contribution < 1.29 is 0 Å². The fraction of sp³-hybridized carbons (Fsp3) is 0.429. The van der Waals surface area contributed by atoms with Crippen molar-refractivity contribution in [3.05, 3.63) is 68.4 Å². The van der Waals surface area contributed by atoms with Gasteiger partial charge in [-0.3, -0.25) is 4.90 Å². The SMILES string of the molecule is Cn1c(Cc2ccccc2)nn(CN2CCc3sccc3[C@H]2C2CC2)c1=S. The number of fused-ring (bicyclic) bond motifs is 1. The van der Waals surface area contributed by atoms with Gasteiger partial charge in [0.2, 0.25) is 0 Å². The van der Waals surface area contributed by atoms with Gasteiger partial charge in [-0.25, -0.2) is 4.68 Å². The first-order chi connectivity index (χ1) is 13.2. The second-order valence-corrected chi connectivity index (χ2v) is 9.07. The Labute approximate surface area is 169 Å². The van der Waals surface area contributed by atoms with Crippen molar-refractivity contribution in [2.45, 2.75) is 38.4 Å². The van der Waals surface area contributed by atoms with Gasteiger partial charge < -0.3 is 4.57 Å². The first kappa shape index (κ1) is 17.3. The van der Waals surface area contributed by atoms with E-state index < -0.39 is 0 Å². The molecule has 2 aliphatic rings. The summed E-state index contributed by atoms with van der Waals surface area (Å²) < 4.78 is 4.90. The molecule has 0 radical (unpaired) electrons. The zero-order valence-electron chi connectivity index (χ0n) is 15.5. The molecule has 0 spiro atoms. The monoisotopic (exact) mass is 396 g/mol. The lowest BCUT2D eigenvalue weighted by Crippen LogP contribution is -2.37. The molecule has 0 unspecified atom stereocenters. The van der Waals surface area contributed by atoms with E-state index in [0.717, 1.165) is 42.6 Å². The van der Waals surface area contributed by atoms with Crippen molar-refractivity contribution in [3.63, 3.8) is 0 Å². The van der Waals surface area contributed by atoms with Gasteiger partial charge in [0.1, 0.15) is 5.82 Å². The minimum Gasteiger partial charge on any atom is -0.307 e. The number of rotatable bonds is 5. The van der Waals surface area contributed by atoms with Crippen LogP contribution in [0.25, 0.3) is 0 Å². The van der Waals surface area contributed by atoms with Crippen molar-refractivity contribution in [1.82, 2.24) is 19.2 Å². The normalized spacial score (nSPS) is 20.0. The van der Waals surface area contributed by atoms with E-state index in [0.29, 0.717) is 6.04 Å². The molecule has 0 saturated heterocycles. The Morgan fingerprint density at radius 2 is 2.00 bits per heavy atom. The number of thiophene rings is 1. The minimum atomic E-state index is 0.543. The first-order valence-electron chi connectivity index (χ1n) is 9.67. The van der Waals surface area contributed by atoms with Gasteiger partial charge in [-0.15, -0.1) is 11.3 Å². The van der Waals surface area contributed by atoms with Crippen molar-refractivity contribution in [3.8, 4) is 0 Å². The summed E-state index contributed by atoms with van der Waals surface area (Å²) in [5.74, 6) is 1.84. The first-order valence-corrected chi connectivity index (χ1v) is 11.0. The number of hydrogen-bond acceptors (Lipinski definition) is 4. The number of benzene rings is 1. The van der Waals surface area contributed by atoms with Crippen LogP contribution in [0.3, 0.4) is 0 Å². The van der Waals surface area contributed by atoms with Crippen molar-refractivity contribution in [1.29, 1.82) is 0 Å². The predicted molar refractivity (Wildman–Crippen MR) is 111 cm³/mol. The fourth-order valence-electron chi connectivity index (χ4n) is 4.25. The van der Waals surface area contributed by atoms with Gasteiger partial charge in [-0.05, 0) is 60.0 Å². The van der Waals surface area contributed by atoms with Crippen LogP contribution in [0.5, 0.6) is 0 Å². The summed E-state index contributed by atoms with van der Waals surface area (Å²) in [6.45, 7) is 1.89. The topological polar surface area (TPSA) is 26.0 Å². The van der Waals surface area contributed by atoms with Gasteiger partial charge in [0.15, 0.2) is 4.77 Å². The van der Waals surface area contributed by atoms with Crippen LogP contribution < -0.4 is 0 Å². The molecule has 4 nitrogen and oxygen atoms in total. The summed E-state index contributed by atoms with van der Waals surface area (Å²) in [7, 11) is 2.04. The summed E-state index contributed by atoms with van der Waals surface area (Å²) in [4.78, 5) is 4.18. The third kappa shape index (κ3) is 3.30. The second kappa shape index (κ2) is 7.00. The van der Waals surface area contributed by atoms with Crippen LogP contribution in [-0.4, -0.2) is 25.8 Å². The Balaban J connectivity index is 1.41. The largest absolute Gasteiger partial charge is 0.307 e.